The number of nitrogens with zero attached hydrogens (tertiary/aromatic N) is 4. The molecule has 0 bridgehead atoms. The first-order chi connectivity index (χ1) is 16.0. The highest BCUT2D eigenvalue weighted by atomic mass is 16.6. The number of nitro benzene ring substituents is 1. The average molecular weight is 451 g/mol. The second-order valence-corrected chi connectivity index (χ2v) is 7.54. The predicted molar refractivity (Wildman–Crippen MR) is 122 cm³/mol. The molecule has 0 radical (unpaired) electrons. The number of carbonyl (C=O) groups is 1. The molecule has 172 valence electrons. The van der Waals surface area contributed by atoms with Crippen LogP contribution in [0.15, 0.2) is 54.6 Å². The molecule has 33 heavy (non-hydrogen) atoms. The second kappa shape index (κ2) is 10.2. The summed E-state index contributed by atoms with van der Waals surface area (Å²) in [5.74, 6) is 0.448. The fraction of sp³-hybridized carbons (Fsp3) is 0.304. The lowest BCUT2D eigenvalue weighted by Crippen LogP contribution is -2.41. The van der Waals surface area contributed by atoms with Crippen LogP contribution >= 0.6 is 0 Å². The third kappa shape index (κ3) is 5.36. The molecule has 1 N–H and O–H groups in total. The number of hydrogen-bond acceptors (Lipinski definition) is 7. The smallest absolute Gasteiger partial charge is 0.270 e. The Bertz CT molecular complexity index is 1110. The van der Waals surface area contributed by atoms with Crippen LogP contribution in [-0.2, 0) is 4.74 Å². The maximum atomic E-state index is 13.1. The molecule has 0 spiro atoms. The van der Waals surface area contributed by atoms with Gasteiger partial charge in [0.1, 0.15) is 11.4 Å². The van der Waals surface area contributed by atoms with Crippen molar-refractivity contribution in [2.75, 3.05) is 46.5 Å². The molecule has 1 aliphatic heterocycles. The van der Waals surface area contributed by atoms with Crippen LogP contribution in [-0.4, -0.2) is 72.0 Å². The fourth-order valence-electron chi connectivity index (χ4n) is 3.60. The minimum atomic E-state index is -0.463. The van der Waals surface area contributed by atoms with Gasteiger partial charge in [0, 0.05) is 43.9 Å². The summed E-state index contributed by atoms with van der Waals surface area (Å²) in [6.07, 6.45) is 0. The molecule has 1 saturated heterocycles. The molecule has 1 aliphatic rings. The molecule has 4 rings (SSSR count). The third-order valence-corrected chi connectivity index (χ3v) is 5.45. The van der Waals surface area contributed by atoms with E-state index in [1.165, 1.54) is 16.8 Å². The Morgan fingerprint density at radius 1 is 1.15 bits per heavy atom. The van der Waals surface area contributed by atoms with Gasteiger partial charge >= 0.3 is 0 Å². The van der Waals surface area contributed by atoms with Crippen LogP contribution in [0.25, 0.3) is 16.9 Å². The molecule has 0 atom stereocenters. The summed E-state index contributed by atoms with van der Waals surface area (Å²) in [7, 11) is 1.59. The molecule has 0 unspecified atom stereocenters. The van der Waals surface area contributed by atoms with Gasteiger partial charge in [0.05, 0.1) is 36.6 Å². The minimum Gasteiger partial charge on any atom is -0.497 e. The van der Waals surface area contributed by atoms with Gasteiger partial charge in [0.25, 0.3) is 11.6 Å². The Morgan fingerprint density at radius 3 is 2.48 bits per heavy atom. The van der Waals surface area contributed by atoms with Crippen molar-refractivity contribution < 1.29 is 19.2 Å². The van der Waals surface area contributed by atoms with Gasteiger partial charge in [-0.3, -0.25) is 19.8 Å². The SMILES string of the molecule is COc1ccc(-c2cc(C(=O)NCCN3CCOCC3)n(-c3ccc([N+](=O)[O-])cc3)n2)cc1. The van der Waals surface area contributed by atoms with E-state index in [4.69, 9.17) is 9.47 Å². The van der Waals surface area contributed by atoms with Crippen molar-refractivity contribution in [1.29, 1.82) is 0 Å². The Kier molecular flexibility index (Phi) is 6.96. The number of nitrogens with one attached hydrogen (secondary N) is 1. The molecule has 10 nitrogen and oxygen atoms in total. The van der Waals surface area contributed by atoms with Gasteiger partial charge in [-0.25, -0.2) is 4.68 Å². The van der Waals surface area contributed by atoms with Crippen molar-refractivity contribution in [3.05, 3.63) is 70.4 Å². The summed E-state index contributed by atoms with van der Waals surface area (Å²) >= 11 is 0. The molecule has 10 heteroatoms. The minimum absolute atomic E-state index is 0.0298. The summed E-state index contributed by atoms with van der Waals surface area (Å²) in [6.45, 7) is 4.31. The van der Waals surface area contributed by atoms with Crippen LogP contribution in [0.3, 0.4) is 0 Å². The van der Waals surface area contributed by atoms with Crippen LogP contribution in [0.2, 0.25) is 0 Å². The number of carbonyl (C=O) groups excluding carboxylic acids is 1. The summed E-state index contributed by atoms with van der Waals surface area (Å²) < 4.78 is 12.1. The van der Waals surface area contributed by atoms with Gasteiger partial charge in [0.15, 0.2) is 0 Å². The molecule has 1 amide bonds. The molecule has 0 saturated carbocycles. The highest BCUT2D eigenvalue weighted by molar-refractivity contribution is 5.94. The van der Waals surface area contributed by atoms with E-state index in [9.17, 15) is 14.9 Å². The van der Waals surface area contributed by atoms with E-state index < -0.39 is 4.92 Å². The number of morpholine rings is 1. The van der Waals surface area contributed by atoms with Gasteiger partial charge in [-0.05, 0) is 42.5 Å². The summed E-state index contributed by atoms with van der Waals surface area (Å²) in [5.41, 5.74) is 2.29. The molecule has 3 aromatic rings. The first-order valence-corrected chi connectivity index (χ1v) is 10.6. The molecule has 1 aromatic heterocycles. The van der Waals surface area contributed by atoms with Gasteiger partial charge in [-0.2, -0.15) is 5.10 Å². The Morgan fingerprint density at radius 2 is 1.85 bits per heavy atom. The standard InChI is InChI=1S/C23H25N5O5/c1-32-20-8-2-17(3-9-20)21-16-22(23(29)24-10-11-26-12-14-33-15-13-26)27(25-21)18-4-6-19(7-5-18)28(30)31/h2-9,16H,10-15H2,1H3,(H,24,29). The molecule has 1 fully saturated rings. The van der Waals surface area contributed by atoms with Gasteiger partial charge in [-0.15, -0.1) is 0 Å². The van der Waals surface area contributed by atoms with Crippen molar-refractivity contribution in [1.82, 2.24) is 20.0 Å². The van der Waals surface area contributed by atoms with E-state index in [0.717, 1.165) is 30.9 Å². The Labute approximate surface area is 190 Å². The van der Waals surface area contributed by atoms with Crippen molar-refractivity contribution >= 4 is 11.6 Å². The zero-order valence-electron chi connectivity index (χ0n) is 18.3. The molecular weight excluding hydrogens is 426 g/mol. The number of benzene rings is 2. The first-order valence-electron chi connectivity index (χ1n) is 10.6. The Hall–Kier alpha value is -3.76. The van der Waals surface area contributed by atoms with Crippen LogP contribution in [0, 0.1) is 10.1 Å². The lowest BCUT2D eigenvalue weighted by atomic mass is 10.1. The van der Waals surface area contributed by atoms with Crippen molar-refractivity contribution in [2.45, 2.75) is 0 Å². The number of nitro groups is 1. The van der Waals surface area contributed by atoms with E-state index in [1.54, 1.807) is 25.3 Å². The summed E-state index contributed by atoms with van der Waals surface area (Å²) in [5, 5.41) is 18.6. The highest BCUT2D eigenvalue weighted by Gasteiger charge is 2.19. The topological polar surface area (TPSA) is 112 Å². The normalized spacial score (nSPS) is 14.1. The van der Waals surface area contributed by atoms with Crippen molar-refractivity contribution in [2.24, 2.45) is 0 Å². The second-order valence-electron chi connectivity index (χ2n) is 7.54. The number of amides is 1. The Balaban J connectivity index is 1.59. The lowest BCUT2D eigenvalue weighted by Gasteiger charge is -2.26. The monoisotopic (exact) mass is 451 g/mol. The number of hydrogen-bond donors (Lipinski definition) is 1. The third-order valence-electron chi connectivity index (χ3n) is 5.45. The predicted octanol–water partition coefficient (Wildman–Crippen LogP) is 2.52. The summed E-state index contributed by atoms with van der Waals surface area (Å²) in [6, 6.07) is 15.0. The maximum absolute atomic E-state index is 13.1. The first kappa shape index (κ1) is 22.4. The molecular formula is C23H25N5O5. The van der Waals surface area contributed by atoms with E-state index in [-0.39, 0.29) is 11.6 Å². The number of non-ortho nitro benzene ring substituents is 1. The van der Waals surface area contributed by atoms with Crippen LogP contribution < -0.4 is 10.1 Å². The van der Waals surface area contributed by atoms with Crippen LogP contribution in [0.5, 0.6) is 5.75 Å². The van der Waals surface area contributed by atoms with E-state index >= 15 is 0 Å². The fourth-order valence-corrected chi connectivity index (χ4v) is 3.60. The highest BCUT2D eigenvalue weighted by Crippen LogP contribution is 2.25. The van der Waals surface area contributed by atoms with Gasteiger partial charge < -0.3 is 14.8 Å². The van der Waals surface area contributed by atoms with E-state index in [1.807, 2.05) is 24.3 Å². The lowest BCUT2D eigenvalue weighted by molar-refractivity contribution is -0.384. The maximum Gasteiger partial charge on any atom is 0.270 e. The number of ether oxygens (including phenoxy) is 2. The quantitative estimate of drug-likeness (QED) is 0.414. The van der Waals surface area contributed by atoms with Crippen molar-refractivity contribution in [3.63, 3.8) is 0 Å². The zero-order valence-corrected chi connectivity index (χ0v) is 18.3. The molecule has 2 aromatic carbocycles. The van der Waals surface area contributed by atoms with Crippen LogP contribution in [0.4, 0.5) is 5.69 Å². The molecule has 2 heterocycles. The van der Waals surface area contributed by atoms with E-state index in [2.05, 4.69) is 15.3 Å². The number of rotatable bonds is 8. The average Bonchev–Trinajstić information content (AvgIpc) is 3.30. The summed E-state index contributed by atoms with van der Waals surface area (Å²) in [4.78, 5) is 25.8. The number of methoxy groups -OCH3 is 1. The number of aromatic nitrogens is 2. The zero-order chi connectivity index (χ0) is 23.2. The van der Waals surface area contributed by atoms with Gasteiger partial charge in [-0.1, -0.05) is 0 Å². The molecule has 0 aliphatic carbocycles. The largest absolute Gasteiger partial charge is 0.497 e. The van der Waals surface area contributed by atoms with Gasteiger partial charge in [0.2, 0.25) is 0 Å². The van der Waals surface area contributed by atoms with E-state index in [0.29, 0.717) is 36.8 Å². The van der Waals surface area contributed by atoms with Crippen LogP contribution in [0.1, 0.15) is 10.5 Å². The van der Waals surface area contributed by atoms with Crippen molar-refractivity contribution in [3.8, 4) is 22.7 Å².